The first-order chi connectivity index (χ1) is 14.9. The summed E-state index contributed by atoms with van der Waals surface area (Å²) in [7, 11) is 4.41. The highest BCUT2D eigenvalue weighted by Gasteiger charge is 2.25. The average Bonchev–Trinajstić information content (AvgIpc) is 3.32. The van der Waals surface area contributed by atoms with Crippen molar-refractivity contribution in [3.8, 4) is 27.8 Å². The molecule has 2 aromatic carbocycles. The molecule has 0 spiro atoms. The SMILES string of the molecule is CCC(=O)Nc1ccc(-c2nccs2)c(Cl)c1C(=O)c1cc(OC)c(OC)c(OC)c1. The van der Waals surface area contributed by atoms with Crippen LogP contribution in [0.3, 0.4) is 0 Å². The molecule has 0 saturated heterocycles. The summed E-state index contributed by atoms with van der Waals surface area (Å²) in [5, 5.41) is 5.44. The lowest BCUT2D eigenvalue weighted by molar-refractivity contribution is -0.115. The molecule has 0 aliphatic carbocycles. The van der Waals surface area contributed by atoms with Crippen molar-refractivity contribution in [1.29, 1.82) is 0 Å². The molecule has 3 rings (SSSR count). The number of nitrogens with one attached hydrogen (secondary N) is 1. The van der Waals surface area contributed by atoms with Crippen LogP contribution in [0, 0.1) is 0 Å². The number of carbonyl (C=O) groups is 2. The van der Waals surface area contributed by atoms with E-state index in [0.717, 1.165) is 0 Å². The van der Waals surface area contributed by atoms with E-state index in [9.17, 15) is 9.59 Å². The number of ketones is 1. The standard InChI is InChI=1S/C22H21ClN2O5S/c1-5-17(26)25-14-7-6-13(22-24-8-9-31-22)19(23)18(14)20(27)12-10-15(28-2)21(30-4)16(11-12)29-3/h6-11H,5H2,1-4H3,(H,25,26). The van der Waals surface area contributed by atoms with Crippen LogP contribution in [0.25, 0.3) is 10.6 Å². The maximum Gasteiger partial charge on any atom is 0.224 e. The Bertz CT molecular complexity index is 1090. The molecule has 162 valence electrons. The Labute approximate surface area is 188 Å². The summed E-state index contributed by atoms with van der Waals surface area (Å²) in [5.41, 5.74) is 1.34. The second-order valence-corrected chi connectivity index (χ2v) is 7.60. The predicted octanol–water partition coefficient (Wildman–Crippen LogP) is 5.07. The third-order valence-electron chi connectivity index (χ3n) is 4.55. The summed E-state index contributed by atoms with van der Waals surface area (Å²) in [4.78, 5) is 30.0. The van der Waals surface area contributed by atoms with E-state index in [4.69, 9.17) is 25.8 Å². The van der Waals surface area contributed by atoms with Gasteiger partial charge in [0.05, 0.1) is 37.6 Å². The smallest absolute Gasteiger partial charge is 0.224 e. The number of ether oxygens (including phenoxy) is 3. The third-order valence-corrected chi connectivity index (χ3v) is 5.75. The van der Waals surface area contributed by atoms with Gasteiger partial charge < -0.3 is 19.5 Å². The number of hydrogen-bond donors (Lipinski definition) is 1. The van der Waals surface area contributed by atoms with Gasteiger partial charge in [0, 0.05) is 29.1 Å². The van der Waals surface area contributed by atoms with Crippen LogP contribution in [-0.4, -0.2) is 38.0 Å². The Morgan fingerprint density at radius 1 is 1.10 bits per heavy atom. The van der Waals surface area contributed by atoms with Gasteiger partial charge in [-0.3, -0.25) is 9.59 Å². The molecule has 1 amide bonds. The number of carbonyl (C=O) groups excluding carboxylic acids is 2. The number of thiazole rings is 1. The number of rotatable bonds is 8. The van der Waals surface area contributed by atoms with E-state index in [-0.39, 0.29) is 28.5 Å². The van der Waals surface area contributed by atoms with E-state index in [1.54, 1.807) is 37.4 Å². The molecule has 7 nitrogen and oxygen atoms in total. The highest BCUT2D eigenvalue weighted by molar-refractivity contribution is 7.13. The van der Waals surface area contributed by atoms with Crippen molar-refractivity contribution < 1.29 is 23.8 Å². The molecule has 1 heterocycles. The van der Waals surface area contributed by atoms with Gasteiger partial charge in [-0.2, -0.15) is 0 Å². The topological polar surface area (TPSA) is 86.8 Å². The Morgan fingerprint density at radius 2 is 1.77 bits per heavy atom. The first-order valence-electron chi connectivity index (χ1n) is 9.32. The van der Waals surface area contributed by atoms with Crippen LogP contribution in [0.1, 0.15) is 29.3 Å². The van der Waals surface area contributed by atoms with Gasteiger partial charge >= 0.3 is 0 Å². The van der Waals surface area contributed by atoms with Crippen LogP contribution >= 0.6 is 22.9 Å². The molecule has 9 heteroatoms. The van der Waals surface area contributed by atoms with Crippen molar-refractivity contribution in [3.63, 3.8) is 0 Å². The quantitative estimate of drug-likeness (QED) is 0.472. The van der Waals surface area contributed by atoms with E-state index >= 15 is 0 Å². The summed E-state index contributed by atoms with van der Waals surface area (Å²) in [6.07, 6.45) is 1.91. The molecule has 31 heavy (non-hydrogen) atoms. The zero-order chi connectivity index (χ0) is 22.5. The highest BCUT2D eigenvalue weighted by atomic mass is 35.5. The molecule has 0 fully saturated rings. The fourth-order valence-electron chi connectivity index (χ4n) is 3.02. The van der Waals surface area contributed by atoms with Gasteiger partial charge in [0.25, 0.3) is 0 Å². The summed E-state index contributed by atoms with van der Waals surface area (Å²) in [6.45, 7) is 1.72. The van der Waals surface area contributed by atoms with Crippen molar-refractivity contribution in [3.05, 3.63) is 52.0 Å². The van der Waals surface area contributed by atoms with Gasteiger partial charge in [-0.25, -0.2) is 4.98 Å². The molecule has 1 N–H and O–H groups in total. The van der Waals surface area contributed by atoms with Crippen molar-refractivity contribution in [2.75, 3.05) is 26.6 Å². The van der Waals surface area contributed by atoms with E-state index in [1.165, 1.54) is 32.7 Å². The van der Waals surface area contributed by atoms with Crippen molar-refractivity contribution >= 4 is 40.3 Å². The zero-order valence-electron chi connectivity index (χ0n) is 17.4. The molecular weight excluding hydrogens is 440 g/mol. The van der Waals surface area contributed by atoms with Crippen LogP contribution in [0.15, 0.2) is 35.8 Å². The minimum absolute atomic E-state index is 0.158. The Morgan fingerprint density at radius 3 is 2.29 bits per heavy atom. The first-order valence-corrected chi connectivity index (χ1v) is 10.6. The molecule has 0 radical (unpaired) electrons. The Hall–Kier alpha value is -3.10. The Balaban J connectivity index is 2.21. The second-order valence-electron chi connectivity index (χ2n) is 6.33. The number of amides is 1. The monoisotopic (exact) mass is 460 g/mol. The summed E-state index contributed by atoms with van der Waals surface area (Å²) >= 11 is 8.09. The van der Waals surface area contributed by atoms with Crippen LogP contribution < -0.4 is 19.5 Å². The predicted molar refractivity (Wildman–Crippen MR) is 121 cm³/mol. The number of halogens is 1. The van der Waals surface area contributed by atoms with Crippen LogP contribution in [0.4, 0.5) is 5.69 Å². The van der Waals surface area contributed by atoms with Gasteiger partial charge in [0.1, 0.15) is 5.01 Å². The third kappa shape index (κ3) is 4.50. The molecule has 1 aromatic heterocycles. The fourth-order valence-corrected chi connectivity index (χ4v) is 4.08. The normalized spacial score (nSPS) is 10.5. The van der Waals surface area contributed by atoms with Gasteiger partial charge in [0.2, 0.25) is 11.7 Å². The number of methoxy groups -OCH3 is 3. The lowest BCUT2D eigenvalue weighted by atomic mass is 9.98. The molecule has 0 bridgehead atoms. The largest absolute Gasteiger partial charge is 0.493 e. The van der Waals surface area contributed by atoms with E-state index in [2.05, 4.69) is 10.3 Å². The number of hydrogen-bond acceptors (Lipinski definition) is 7. The maximum absolute atomic E-state index is 13.6. The molecule has 0 unspecified atom stereocenters. The molecule has 0 saturated carbocycles. The number of aromatic nitrogens is 1. The second kappa shape index (κ2) is 9.80. The van der Waals surface area contributed by atoms with E-state index < -0.39 is 5.78 Å². The van der Waals surface area contributed by atoms with Gasteiger partial charge in [-0.05, 0) is 24.3 Å². The minimum Gasteiger partial charge on any atom is -0.493 e. The lowest BCUT2D eigenvalue weighted by Gasteiger charge is -2.17. The van der Waals surface area contributed by atoms with E-state index in [1.807, 2.05) is 5.38 Å². The molecule has 3 aromatic rings. The van der Waals surface area contributed by atoms with Gasteiger partial charge in [-0.15, -0.1) is 11.3 Å². The van der Waals surface area contributed by atoms with Gasteiger partial charge in [0.15, 0.2) is 17.3 Å². The maximum atomic E-state index is 13.6. The lowest BCUT2D eigenvalue weighted by Crippen LogP contribution is -2.15. The fraction of sp³-hybridized carbons (Fsp3) is 0.227. The van der Waals surface area contributed by atoms with Crippen LogP contribution in [-0.2, 0) is 4.79 Å². The minimum atomic E-state index is -0.408. The van der Waals surface area contributed by atoms with Crippen molar-refractivity contribution in [2.45, 2.75) is 13.3 Å². The van der Waals surface area contributed by atoms with Crippen LogP contribution in [0.5, 0.6) is 17.2 Å². The Kier molecular flexibility index (Phi) is 7.14. The van der Waals surface area contributed by atoms with Crippen LogP contribution in [0.2, 0.25) is 5.02 Å². The van der Waals surface area contributed by atoms with Crippen molar-refractivity contribution in [2.24, 2.45) is 0 Å². The van der Waals surface area contributed by atoms with E-state index in [0.29, 0.717) is 33.5 Å². The van der Waals surface area contributed by atoms with Gasteiger partial charge in [-0.1, -0.05) is 18.5 Å². The number of benzene rings is 2. The first kappa shape index (κ1) is 22.6. The molecule has 0 aliphatic rings. The molecule has 0 aliphatic heterocycles. The highest BCUT2D eigenvalue weighted by Crippen LogP contribution is 2.41. The summed E-state index contributed by atoms with van der Waals surface area (Å²) < 4.78 is 16.1. The zero-order valence-corrected chi connectivity index (χ0v) is 19.0. The van der Waals surface area contributed by atoms with Crippen molar-refractivity contribution in [1.82, 2.24) is 4.98 Å². The average molecular weight is 461 g/mol. The summed E-state index contributed by atoms with van der Waals surface area (Å²) in [5.74, 6) is 0.378. The molecule has 0 atom stereocenters. The number of anilines is 1. The summed E-state index contributed by atoms with van der Waals surface area (Å²) in [6, 6.07) is 6.48. The number of nitrogens with zero attached hydrogens (tertiary/aromatic N) is 1. The molecular formula is C22H21ClN2O5S.